The van der Waals surface area contributed by atoms with E-state index in [9.17, 15) is 0 Å². The lowest BCUT2D eigenvalue weighted by Gasteiger charge is -2.25. The van der Waals surface area contributed by atoms with Gasteiger partial charge in [0.15, 0.2) is 0 Å². The molecule has 4 heteroatoms. The van der Waals surface area contributed by atoms with Gasteiger partial charge >= 0.3 is 0 Å². The molecule has 0 amide bonds. The molecule has 0 heterocycles. The Morgan fingerprint density at radius 3 is 2.48 bits per heavy atom. The van der Waals surface area contributed by atoms with E-state index < -0.39 is 0 Å². The highest BCUT2D eigenvalue weighted by Gasteiger charge is 2.18. The maximum Gasteiger partial charge on any atom is 0.118 e. The molecular formula is C17H29NO2S. The number of hydrogen-bond acceptors (Lipinski definition) is 4. The molecule has 0 fully saturated rings. The Hall–Kier alpha value is -0.710. The first-order chi connectivity index (χ1) is 10.2. The predicted molar refractivity (Wildman–Crippen MR) is 92.4 cm³/mol. The zero-order valence-electron chi connectivity index (χ0n) is 13.7. The molecule has 0 radical (unpaired) electrons. The third-order valence-electron chi connectivity index (χ3n) is 3.43. The van der Waals surface area contributed by atoms with E-state index in [1.165, 1.54) is 5.56 Å². The van der Waals surface area contributed by atoms with Crippen LogP contribution in [0.5, 0.6) is 5.75 Å². The van der Waals surface area contributed by atoms with Crippen LogP contribution in [0.15, 0.2) is 24.3 Å². The standard InChI is InChI=1S/C17H29NO2S/c1-5-11-18-17(14(2)21-13-6-12-19-3)15-7-9-16(20-4)10-8-15/h7-10,14,17-18H,5-6,11-13H2,1-4H3. The van der Waals surface area contributed by atoms with Crippen LogP contribution in [0.1, 0.15) is 38.3 Å². The molecule has 0 bridgehead atoms. The number of hydrogen-bond donors (Lipinski definition) is 1. The van der Waals surface area contributed by atoms with Crippen molar-refractivity contribution in [2.45, 2.75) is 38.0 Å². The number of rotatable bonds is 11. The van der Waals surface area contributed by atoms with Gasteiger partial charge in [0.25, 0.3) is 0 Å². The maximum absolute atomic E-state index is 5.24. The zero-order chi connectivity index (χ0) is 15.5. The number of nitrogens with one attached hydrogen (secondary N) is 1. The summed E-state index contributed by atoms with van der Waals surface area (Å²) in [6, 6.07) is 8.79. The summed E-state index contributed by atoms with van der Waals surface area (Å²) in [5.41, 5.74) is 1.33. The molecule has 1 rings (SSSR count). The summed E-state index contributed by atoms with van der Waals surface area (Å²) in [5.74, 6) is 2.04. The Kier molecular flexibility index (Phi) is 9.55. The lowest BCUT2D eigenvalue weighted by atomic mass is 10.0. The second kappa shape index (κ2) is 10.9. The van der Waals surface area contributed by atoms with Gasteiger partial charge in [-0.3, -0.25) is 0 Å². The molecule has 1 aromatic carbocycles. The highest BCUT2D eigenvalue weighted by Crippen LogP contribution is 2.28. The summed E-state index contributed by atoms with van der Waals surface area (Å²) in [6.07, 6.45) is 2.25. The normalized spacial score (nSPS) is 13.9. The van der Waals surface area contributed by atoms with Crippen molar-refractivity contribution in [2.24, 2.45) is 0 Å². The smallest absolute Gasteiger partial charge is 0.118 e. The molecule has 3 nitrogen and oxygen atoms in total. The summed E-state index contributed by atoms with van der Waals surface area (Å²) in [7, 11) is 3.47. The van der Waals surface area contributed by atoms with Gasteiger partial charge in [-0.25, -0.2) is 0 Å². The van der Waals surface area contributed by atoms with E-state index in [1.54, 1.807) is 14.2 Å². The van der Waals surface area contributed by atoms with E-state index in [0.29, 0.717) is 11.3 Å². The quantitative estimate of drug-likeness (QED) is 0.628. The molecule has 120 valence electrons. The van der Waals surface area contributed by atoms with Crippen LogP contribution in [-0.4, -0.2) is 38.4 Å². The van der Waals surface area contributed by atoms with Crippen molar-refractivity contribution in [3.63, 3.8) is 0 Å². The largest absolute Gasteiger partial charge is 0.497 e. The Morgan fingerprint density at radius 2 is 1.90 bits per heavy atom. The molecule has 2 unspecified atom stereocenters. The van der Waals surface area contributed by atoms with E-state index in [0.717, 1.165) is 37.5 Å². The van der Waals surface area contributed by atoms with Crippen molar-refractivity contribution >= 4 is 11.8 Å². The molecule has 0 aliphatic carbocycles. The summed E-state index contributed by atoms with van der Waals surface area (Å²) in [6.45, 7) is 6.39. The van der Waals surface area contributed by atoms with Gasteiger partial charge in [0.05, 0.1) is 7.11 Å². The molecule has 0 saturated carbocycles. The van der Waals surface area contributed by atoms with Crippen LogP contribution >= 0.6 is 11.8 Å². The van der Waals surface area contributed by atoms with Crippen molar-refractivity contribution in [1.29, 1.82) is 0 Å². The van der Waals surface area contributed by atoms with Gasteiger partial charge in [-0.1, -0.05) is 26.0 Å². The molecule has 0 aliphatic heterocycles. The SMILES string of the molecule is CCCNC(c1ccc(OC)cc1)C(C)SCCCOC. The van der Waals surface area contributed by atoms with E-state index >= 15 is 0 Å². The van der Waals surface area contributed by atoms with Gasteiger partial charge in [0.1, 0.15) is 5.75 Å². The Balaban J connectivity index is 2.63. The Bertz CT molecular complexity index is 370. The molecule has 0 aromatic heterocycles. The second-order valence-electron chi connectivity index (χ2n) is 5.13. The number of benzene rings is 1. The van der Waals surface area contributed by atoms with Crippen LogP contribution in [0.25, 0.3) is 0 Å². The number of ether oxygens (including phenoxy) is 2. The summed E-state index contributed by atoms with van der Waals surface area (Å²) < 4.78 is 10.4. The number of thioether (sulfide) groups is 1. The molecule has 0 aliphatic rings. The highest BCUT2D eigenvalue weighted by atomic mass is 32.2. The van der Waals surface area contributed by atoms with Crippen molar-refractivity contribution in [3.05, 3.63) is 29.8 Å². The minimum atomic E-state index is 0.378. The molecule has 1 N–H and O–H groups in total. The van der Waals surface area contributed by atoms with E-state index in [4.69, 9.17) is 9.47 Å². The van der Waals surface area contributed by atoms with Gasteiger partial charge in [-0.2, -0.15) is 11.8 Å². The minimum absolute atomic E-state index is 0.378. The van der Waals surface area contributed by atoms with Gasteiger partial charge in [-0.15, -0.1) is 0 Å². The van der Waals surface area contributed by atoms with Gasteiger partial charge in [-0.05, 0) is 42.8 Å². The summed E-state index contributed by atoms with van der Waals surface area (Å²) in [4.78, 5) is 0. The van der Waals surface area contributed by atoms with Gasteiger partial charge in [0, 0.05) is 25.0 Å². The van der Waals surface area contributed by atoms with Crippen molar-refractivity contribution in [1.82, 2.24) is 5.32 Å². The van der Waals surface area contributed by atoms with E-state index in [-0.39, 0.29) is 0 Å². The van der Waals surface area contributed by atoms with Crippen molar-refractivity contribution < 1.29 is 9.47 Å². The molecule has 0 saturated heterocycles. The fourth-order valence-electron chi connectivity index (χ4n) is 2.23. The topological polar surface area (TPSA) is 30.5 Å². The monoisotopic (exact) mass is 311 g/mol. The first-order valence-electron chi connectivity index (χ1n) is 7.70. The van der Waals surface area contributed by atoms with Crippen LogP contribution in [0.3, 0.4) is 0 Å². The van der Waals surface area contributed by atoms with Crippen LogP contribution in [0.4, 0.5) is 0 Å². The third kappa shape index (κ3) is 6.72. The predicted octanol–water partition coefficient (Wildman–Crippen LogP) is 3.89. The highest BCUT2D eigenvalue weighted by molar-refractivity contribution is 7.99. The molecule has 2 atom stereocenters. The van der Waals surface area contributed by atoms with Crippen LogP contribution < -0.4 is 10.1 Å². The second-order valence-corrected chi connectivity index (χ2v) is 6.61. The van der Waals surface area contributed by atoms with Gasteiger partial charge < -0.3 is 14.8 Å². The molecule has 21 heavy (non-hydrogen) atoms. The van der Waals surface area contributed by atoms with Crippen LogP contribution in [0, 0.1) is 0 Å². The lowest BCUT2D eigenvalue weighted by Crippen LogP contribution is -2.29. The number of methoxy groups -OCH3 is 2. The van der Waals surface area contributed by atoms with Gasteiger partial charge in [0.2, 0.25) is 0 Å². The zero-order valence-corrected chi connectivity index (χ0v) is 14.5. The average Bonchev–Trinajstić information content (AvgIpc) is 2.52. The Morgan fingerprint density at radius 1 is 1.19 bits per heavy atom. The summed E-state index contributed by atoms with van der Waals surface area (Å²) in [5, 5.41) is 4.20. The maximum atomic E-state index is 5.24. The van der Waals surface area contributed by atoms with Crippen molar-refractivity contribution in [2.75, 3.05) is 33.1 Å². The van der Waals surface area contributed by atoms with Crippen LogP contribution in [-0.2, 0) is 4.74 Å². The molecular weight excluding hydrogens is 282 g/mol. The minimum Gasteiger partial charge on any atom is -0.497 e. The van der Waals surface area contributed by atoms with E-state index in [1.807, 2.05) is 23.9 Å². The fraction of sp³-hybridized carbons (Fsp3) is 0.647. The average molecular weight is 311 g/mol. The summed E-state index contributed by atoms with van der Waals surface area (Å²) >= 11 is 2.01. The van der Waals surface area contributed by atoms with E-state index in [2.05, 4.69) is 31.3 Å². The first kappa shape index (κ1) is 18.3. The lowest BCUT2D eigenvalue weighted by molar-refractivity contribution is 0.200. The van der Waals surface area contributed by atoms with Crippen LogP contribution in [0.2, 0.25) is 0 Å². The third-order valence-corrected chi connectivity index (χ3v) is 4.75. The first-order valence-corrected chi connectivity index (χ1v) is 8.75. The fourth-order valence-corrected chi connectivity index (χ4v) is 3.34. The van der Waals surface area contributed by atoms with Crippen molar-refractivity contribution in [3.8, 4) is 5.75 Å². The molecule has 0 spiro atoms. The molecule has 1 aromatic rings. The Labute approximate surface area is 133 Å².